The normalized spacial score (nSPS) is 10.2. The molecule has 2 heterocycles. The third-order valence-corrected chi connectivity index (χ3v) is 2.53. The molecule has 19 heavy (non-hydrogen) atoms. The van der Waals surface area contributed by atoms with Crippen molar-refractivity contribution in [1.29, 1.82) is 0 Å². The van der Waals surface area contributed by atoms with E-state index in [4.69, 9.17) is 0 Å². The van der Waals surface area contributed by atoms with Crippen LogP contribution in [-0.4, -0.2) is 51.4 Å². The fourth-order valence-electron chi connectivity index (χ4n) is 1.55. The van der Waals surface area contributed by atoms with Crippen LogP contribution in [-0.2, 0) is 6.54 Å². The molecule has 0 aromatic carbocycles. The molecular formula is C12H16N6O. The zero-order chi connectivity index (χ0) is 13.7. The molecule has 0 unspecified atom stereocenters. The van der Waals surface area contributed by atoms with Crippen LogP contribution in [0.3, 0.4) is 0 Å². The molecule has 7 nitrogen and oxygen atoms in total. The zero-order valence-electron chi connectivity index (χ0n) is 10.9. The minimum atomic E-state index is -0.111. The number of nitrogens with zero attached hydrogens (tertiary/aromatic N) is 5. The van der Waals surface area contributed by atoms with E-state index in [9.17, 15) is 4.79 Å². The van der Waals surface area contributed by atoms with E-state index in [1.54, 1.807) is 43.4 Å². The van der Waals surface area contributed by atoms with Crippen LogP contribution in [0.15, 0.2) is 30.7 Å². The Morgan fingerprint density at radius 1 is 1.42 bits per heavy atom. The van der Waals surface area contributed by atoms with Crippen molar-refractivity contribution in [1.82, 2.24) is 24.9 Å². The van der Waals surface area contributed by atoms with Gasteiger partial charge in [-0.3, -0.25) is 14.5 Å². The molecule has 2 rings (SSSR count). The molecular weight excluding hydrogens is 244 g/mol. The van der Waals surface area contributed by atoms with Gasteiger partial charge in [-0.1, -0.05) is 5.21 Å². The lowest BCUT2D eigenvalue weighted by atomic mass is 10.3. The molecule has 0 aliphatic carbocycles. The number of hydrogen-bond donors (Lipinski definition) is 1. The van der Waals surface area contributed by atoms with Gasteiger partial charge in [0, 0.05) is 38.7 Å². The minimum Gasteiger partial charge on any atom is -0.383 e. The molecule has 0 spiro atoms. The molecule has 7 heteroatoms. The Morgan fingerprint density at radius 3 is 2.95 bits per heavy atom. The SMILES string of the molecule is CN(C)C(=O)c1cc(NCCn2ccnn2)ccn1. The summed E-state index contributed by atoms with van der Waals surface area (Å²) in [5, 5.41) is 10.8. The second-order valence-electron chi connectivity index (χ2n) is 4.22. The first-order valence-electron chi connectivity index (χ1n) is 5.92. The monoisotopic (exact) mass is 260 g/mol. The van der Waals surface area contributed by atoms with Crippen molar-refractivity contribution in [3.63, 3.8) is 0 Å². The summed E-state index contributed by atoms with van der Waals surface area (Å²) in [4.78, 5) is 17.3. The van der Waals surface area contributed by atoms with Gasteiger partial charge < -0.3 is 10.2 Å². The number of hydrogen-bond acceptors (Lipinski definition) is 5. The molecule has 0 saturated carbocycles. The van der Waals surface area contributed by atoms with E-state index in [1.807, 2.05) is 6.07 Å². The number of nitrogens with one attached hydrogen (secondary N) is 1. The maximum absolute atomic E-state index is 11.8. The van der Waals surface area contributed by atoms with Crippen LogP contribution >= 0.6 is 0 Å². The molecule has 0 fully saturated rings. The highest BCUT2D eigenvalue weighted by Gasteiger charge is 2.09. The smallest absolute Gasteiger partial charge is 0.272 e. The van der Waals surface area contributed by atoms with Crippen LogP contribution in [0.25, 0.3) is 0 Å². The molecule has 1 N–H and O–H groups in total. The maximum Gasteiger partial charge on any atom is 0.272 e. The van der Waals surface area contributed by atoms with E-state index in [0.717, 1.165) is 5.69 Å². The van der Waals surface area contributed by atoms with Crippen LogP contribution in [0.5, 0.6) is 0 Å². The molecule has 1 amide bonds. The molecule has 0 bridgehead atoms. The van der Waals surface area contributed by atoms with Gasteiger partial charge in [0.15, 0.2) is 0 Å². The zero-order valence-corrected chi connectivity index (χ0v) is 10.9. The third-order valence-electron chi connectivity index (χ3n) is 2.53. The topological polar surface area (TPSA) is 75.9 Å². The highest BCUT2D eigenvalue weighted by Crippen LogP contribution is 2.08. The molecule has 0 aliphatic rings. The Kier molecular flexibility index (Phi) is 4.07. The van der Waals surface area contributed by atoms with E-state index in [2.05, 4.69) is 20.6 Å². The molecule has 0 radical (unpaired) electrons. The van der Waals surface area contributed by atoms with Crippen LogP contribution < -0.4 is 5.32 Å². The van der Waals surface area contributed by atoms with E-state index in [-0.39, 0.29) is 5.91 Å². The third kappa shape index (κ3) is 3.51. The number of pyridine rings is 1. The maximum atomic E-state index is 11.8. The average molecular weight is 260 g/mol. The van der Waals surface area contributed by atoms with Gasteiger partial charge >= 0.3 is 0 Å². The predicted molar refractivity (Wildman–Crippen MR) is 70.8 cm³/mol. The molecule has 0 aliphatic heterocycles. The minimum absolute atomic E-state index is 0.111. The highest BCUT2D eigenvalue weighted by atomic mass is 16.2. The van der Waals surface area contributed by atoms with Crippen molar-refractivity contribution in [2.75, 3.05) is 26.0 Å². The Labute approximate surface area is 111 Å². The second kappa shape index (κ2) is 5.94. The second-order valence-corrected chi connectivity index (χ2v) is 4.22. The number of aromatic nitrogens is 4. The van der Waals surface area contributed by atoms with Gasteiger partial charge in [0.1, 0.15) is 5.69 Å². The first-order chi connectivity index (χ1) is 9.16. The van der Waals surface area contributed by atoms with Gasteiger partial charge in [-0.15, -0.1) is 5.10 Å². The Bertz CT molecular complexity index is 537. The van der Waals surface area contributed by atoms with Crippen molar-refractivity contribution < 1.29 is 4.79 Å². The van der Waals surface area contributed by atoms with Crippen molar-refractivity contribution >= 4 is 11.6 Å². The van der Waals surface area contributed by atoms with E-state index in [1.165, 1.54) is 4.90 Å². The van der Waals surface area contributed by atoms with Crippen LogP contribution in [0.1, 0.15) is 10.5 Å². The van der Waals surface area contributed by atoms with Gasteiger partial charge in [0.05, 0.1) is 12.7 Å². The van der Waals surface area contributed by atoms with Gasteiger partial charge in [-0.25, -0.2) is 0 Å². The summed E-state index contributed by atoms with van der Waals surface area (Å²) in [5.41, 5.74) is 1.29. The van der Waals surface area contributed by atoms with Crippen molar-refractivity contribution in [3.05, 3.63) is 36.4 Å². The van der Waals surface area contributed by atoms with Crippen molar-refractivity contribution in [2.45, 2.75) is 6.54 Å². The van der Waals surface area contributed by atoms with Crippen LogP contribution in [0.2, 0.25) is 0 Å². The van der Waals surface area contributed by atoms with Gasteiger partial charge in [0.25, 0.3) is 5.91 Å². The summed E-state index contributed by atoms with van der Waals surface area (Å²) in [5.74, 6) is -0.111. The number of rotatable bonds is 5. The first-order valence-corrected chi connectivity index (χ1v) is 5.92. The molecule has 0 saturated heterocycles. The van der Waals surface area contributed by atoms with Crippen molar-refractivity contribution in [2.24, 2.45) is 0 Å². The van der Waals surface area contributed by atoms with Crippen LogP contribution in [0.4, 0.5) is 5.69 Å². The Morgan fingerprint density at radius 2 is 2.26 bits per heavy atom. The van der Waals surface area contributed by atoms with E-state index in [0.29, 0.717) is 18.8 Å². The largest absolute Gasteiger partial charge is 0.383 e. The lowest BCUT2D eigenvalue weighted by molar-refractivity contribution is 0.0822. The summed E-state index contributed by atoms with van der Waals surface area (Å²) >= 11 is 0. The summed E-state index contributed by atoms with van der Waals surface area (Å²) in [6.07, 6.45) is 5.06. The number of carbonyl (C=O) groups is 1. The lowest BCUT2D eigenvalue weighted by Crippen LogP contribution is -2.22. The number of carbonyl (C=O) groups excluding carboxylic acids is 1. The lowest BCUT2D eigenvalue weighted by Gasteiger charge is -2.11. The van der Waals surface area contributed by atoms with Gasteiger partial charge in [0.2, 0.25) is 0 Å². The Hall–Kier alpha value is -2.44. The quantitative estimate of drug-likeness (QED) is 0.846. The summed E-state index contributed by atoms with van der Waals surface area (Å²) < 4.78 is 1.74. The summed E-state index contributed by atoms with van der Waals surface area (Å²) in [6, 6.07) is 3.57. The van der Waals surface area contributed by atoms with E-state index >= 15 is 0 Å². The van der Waals surface area contributed by atoms with Gasteiger partial charge in [-0.2, -0.15) is 0 Å². The van der Waals surface area contributed by atoms with Crippen molar-refractivity contribution in [3.8, 4) is 0 Å². The summed E-state index contributed by atoms with van der Waals surface area (Å²) in [7, 11) is 3.41. The van der Waals surface area contributed by atoms with Gasteiger partial charge in [-0.05, 0) is 12.1 Å². The molecule has 2 aromatic rings. The molecule has 100 valence electrons. The summed E-state index contributed by atoms with van der Waals surface area (Å²) in [6.45, 7) is 1.41. The van der Waals surface area contributed by atoms with E-state index < -0.39 is 0 Å². The predicted octanol–water partition coefficient (Wildman–Crippen LogP) is 0.487. The molecule has 2 aromatic heterocycles. The standard InChI is InChI=1S/C12H16N6O/c1-17(2)12(19)11-9-10(3-4-14-11)13-5-7-18-8-6-15-16-18/h3-4,6,8-9H,5,7H2,1-2H3,(H,13,14). The number of amides is 1. The Balaban J connectivity index is 1.93. The fraction of sp³-hybridized carbons (Fsp3) is 0.333. The highest BCUT2D eigenvalue weighted by molar-refractivity contribution is 5.92. The average Bonchev–Trinajstić information content (AvgIpc) is 2.91. The van der Waals surface area contributed by atoms with Crippen LogP contribution in [0, 0.1) is 0 Å². The number of anilines is 1. The first kappa shape index (κ1) is 13.0. The molecule has 0 atom stereocenters. The fourth-order valence-corrected chi connectivity index (χ4v) is 1.55.